The minimum Gasteiger partial charge on any atom is -0.378 e. The van der Waals surface area contributed by atoms with Gasteiger partial charge in [0.1, 0.15) is 5.82 Å². The number of carbonyl (C=O) groups excluding carboxylic acids is 2. The predicted molar refractivity (Wildman–Crippen MR) is 104 cm³/mol. The lowest BCUT2D eigenvalue weighted by atomic mass is 10.2. The van der Waals surface area contributed by atoms with Crippen LogP contribution in [0, 0.1) is 0 Å². The van der Waals surface area contributed by atoms with E-state index in [1.54, 1.807) is 31.2 Å². The van der Waals surface area contributed by atoms with Crippen LogP contribution in [0.5, 0.6) is 0 Å². The zero-order chi connectivity index (χ0) is 19.1. The Morgan fingerprint density at radius 3 is 2.70 bits per heavy atom. The Kier molecular flexibility index (Phi) is 6.38. The van der Waals surface area contributed by atoms with Crippen LogP contribution in [0.4, 0.5) is 11.5 Å². The summed E-state index contributed by atoms with van der Waals surface area (Å²) >= 11 is 0. The van der Waals surface area contributed by atoms with Gasteiger partial charge in [0.15, 0.2) is 0 Å². The summed E-state index contributed by atoms with van der Waals surface area (Å²) in [5, 5.41) is 5.64. The Morgan fingerprint density at radius 2 is 1.93 bits per heavy atom. The van der Waals surface area contributed by atoms with Gasteiger partial charge in [-0.15, -0.1) is 0 Å². The summed E-state index contributed by atoms with van der Waals surface area (Å²) < 4.78 is 5.37. The van der Waals surface area contributed by atoms with Crippen LogP contribution in [-0.2, 0) is 16.1 Å². The van der Waals surface area contributed by atoms with Crippen molar-refractivity contribution < 1.29 is 14.3 Å². The summed E-state index contributed by atoms with van der Waals surface area (Å²) in [4.78, 5) is 30.7. The van der Waals surface area contributed by atoms with Gasteiger partial charge in [0.2, 0.25) is 5.91 Å². The monoisotopic (exact) mass is 368 g/mol. The molecule has 1 aliphatic heterocycles. The van der Waals surface area contributed by atoms with Gasteiger partial charge < -0.3 is 20.3 Å². The van der Waals surface area contributed by atoms with E-state index in [1.807, 2.05) is 18.2 Å². The third kappa shape index (κ3) is 5.27. The van der Waals surface area contributed by atoms with Crippen LogP contribution in [0.25, 0.3) is 0 Å². The Bertz CT molecular complexity index is 803. The van der Waals surface area contributed by atoms with Crippen LogP contribution >= 0.6 is 0 Å². The van der Waals surface area contributed by atoms with Gasteiger partial charge in [0.25, 0.3) is 5.91 Å². The average Bonchev–Trinajstić information content (AvgIpc) is 2.73. The number of hydrogen-bond acceptors (Lipinski definition) is 5. The standard InChI is InChI=1S/C20H24N4O3/c1-2-19(25)23-16-6-3-5-15(13-16)20(26)21-14-17-7-4-8-18(22-17)24-9-11-27-12-10-24/h3-8,13H,2,9-12,14H2,1H3,(H,21,26)(H,23,25). The number of carbonyl (C=O) groups is 2. The van der Waals surface area contributed by atoms with Crippen LogP contribution in [0.15, 0.2) is 42.5 Å². The van der Waals surface area contributed by atoms with E-state index in [0.29, 0.717) is 37.4 Å². The largest absolute Gasteiger partial charge is 0.378 e. The number of ether oxygens (including phenoxy) is 1. The Balaban J connectivity index is 1.60. The molecule has 1 saturated heterocycles. The zero-order valence-electron chi connectivity index (χ0n) is 15.4. The lowest BCUT2D eigenvalue weighted by Crippen LogP contribution is -2.37. The lowest BCUT2D eigenvalue weighted by Gasteiger charge is -2.28. The normalized spacial score (nSPS) is 13.9. The second-order valence-corrected chi connectivity index (χ2v) is 6.25. The molecule has 2 aromatic rings. The van der Waals surface area contributed by atoms with Crippen LogP contribution < -0.4 is 15.5 Å². The molecule has 1 aromatic heterocycles. The molecule has 27 heavy (non-hydrogen) atoms. The maximum atomic E-state index is 12.4. The summed E-state index contributed by atoms with van der Waals surface area (Å²) in [6, 6.07) is 12.7. The molecular weight excluding hydrogens is 344 g/mol. The Hall–Kier alpha value is -2.93. The number of benzene rings is 1. The molecule has 1 fully saturated rings. The molecule has 0 bridgehead atoms. The SMILES string of the molecule is CCC(=O)Nc1cccc(C(=O)NCc2cccc(N3CCOCC3)n2)c1. The van der Waals surface area contributed by atoms with E-state index in [1.165, 1.54) is 0 Å². The number of nitrogens with zero attached hydrogens (tertiary/aromatic N) is 2. The van der Waals surface area contributed by atoms with E-state index in [-0.39, 0.29) is 11.8 Å². The molecule has 1 aromatic carbocycles. The molecule has 0 spiro atoms. The van der Waals surface area contributed by atoms with E-state index in [2.05, 4.69) is 20.5 Å². The van der Waals surface area contributed by atoms with Crippen molar-refractivity contribution in [3.63, 3.8) is 0 Å². The summed E-state index contributed by atoms with van der Waals surface area (Å²) in [7, 11) is 0. The third-order valence-corrected chi connectivity index (χ3v) is 4.29. The fourth-order valence-corrected chi connectivity index (χ4v) is 2.79. The molecule has 2 heterocycles. The number of aromatic nitrogens is 1. The Morgan fingerprint density at radius 1 is 1.15 bits per heavy atom. The number of hydrogen-bond donors (Lipinski definition) is 2. The van der Waals surface area contributed by atoms with Crippen LogP contribution in [0.1, 0.15) is 29.4 Å². The van der Waals surface area contributed by atoms with Gasteiger partial charge >= 0.3 is 0 Å². The van der Waals surface area contributed by atoms with Crippen molar-refractivity contribution in [2.45, 2.75) is 19.9 Å². The van der Waals surface area contributed by atoms with Crippen molar-refractivity contribution in [3.05, 3.63) is 53.7 Å². The van der Waals surface area contributed by atoms with Gasteiger partial charge in [0.05, 0.1) is 25.5 Å². The maximum absolute atomic E-state index is 12.4. The van der Waals surface area contributed by atoms with E-state index < -0.39 is 0 Å². The smallest absolute Gasteiger partial charge is 0.251 e. The first-order valence-electron chi connectivity index (χ1n) is 9.12. The van der Waals surface area contributed by atoms with E-state index in [9.17, 15) is 9.59 Å². The minimum absolute atomic E-state index is 0.0864. The molecule has 142 valence electrons. The number of amides is 2. The quantitative estimate of drug-likeness (QED) is 0.817. The molecule has 0 radical (unpaired) electrons. The fourth-order valence-electron chi connectivity index (χ4n) is 2.79. The summed E-state index contributed by atoms with van der Waals surface area (Å²) in [6.07, 6.45) is 0.390. The van der Waals surface area contributed by atoms with Crippen LogP contribution in [-0.4, -0.2) is 43.1 Å². The van der Waals surface area contributed by atoms with Crippen molar-refractivity contribution in [1.82, 2.24) is 10.3 Å². The first-order chi connectivity index (χ1) is 13.2. The molecular formula is C20H24N4O3. The number of anilines is 2. The highest BCUT2D eigenvalue weighted by Gasteiger charge is 2.13. The summed E-state index contributed by atoms with van der Waals surface area (Å²) in [6.45, 7) is 5.16. The van der Waals surface area contributed by atoms with Crippen molar-refractivity contribution in [3.8, 4) is 0 Å². The molecule has 0 saturated carbocycles. The molecule has 2 amide bonds. The molecule has 0 atom stereocenters. The van der Waals surface area contributed by atoms with Crippen molar-refractivity contribution in [2.24, 2.45) is 0 Å². The molecule has 0 aliphatic carbocycles. The first kappa shape index (κ1) is 18.8. The molecule has 1 aliphatic rings. The van der Waals surface area contributed by atoms with Crippen LogP contribution in [0.2, 0.25) is 0 Å². The highest BCUT2D eigenvalue weighted by Crippen LogP contribution is 2.14. The van der Waals surface area contributed by atoms with Gasteiger partial charge in [-0.05, 0) is 30.3 Å². The zero-order valence-corrected chi connectivity index (χ0v) is 15.4. The lowest BCUT2D eigenvalue weighted by molar-refractivity contribution is -0.115. The van der Waals surface area contributed by atoms with Gasteiger partial charge in [0, 0.05) is 30.8 Å². The second kappa shape index (κ2) is 9.14. The second-order valence-electron chi connectivity index (χ2n) is 6.25. The Labute approximate surface area is 158 Å². The highest BCUT2D eigenvalue weighted by molar-refractivity contribution is 5.97. The molecule has 3 rings (SSSR count). The van der Waals surface area contributed by atoms with Gasteiger partial charge in [-0.3, -0.25) is 9.59 Å². The van der Waals surface area contributed by atoms with Gasteiger partial charge in [-0.1, -0.05) is 19.1 Å². The third-order valence-electron chi connectivity index (χ3n) is 4.29. The summed E-state index contributed by atoms with van der Waals surface area (Å²) in [5.41, 5.74) is 1.90. The molecule has 7 nitrogen and oxygen atoms in total. The van der Waals surface area contributed by atoms with E-state index in [4.69, 9.17) is 4.74 Å². The number of rotatable bonds is 6. The number of nitrogens with one attached hydrogen (secondary N) is 2. The first-order valence-corrected chi connectivity index (χ1v) is 9.12. The fraction of sp³-hybridized carbons (Fsp3) is 0.350. The highest BCUT2D eigenvalue weighted by atomic mass is 16.5. The van der Waals surface area contributed by atoms with Crippen molar-refractivity contribution >= 4 is 23.3 Å². The van der Waals surface area contributed by atoms with Gasteiger partial charge in [-0.25, -0.2) is 4.98 Å². The minimum atomic E-state index is -0.207. The van der Waals surface area contributed by atoms with E-state index >= 15 is 0 Å². The molecule has 7 heteroatoms. The molecule has 0 unspecified atom stereocenters. The summed E-state index contributed by atoms with van der Waals surface area (Å²) in [5.74, 6) is 0.604. The molecule has 2 N–H and O–H groups in total. The van der Waals surface area contributed by atoms with Crippen molar-refractivity contribution in [1.29, 1.82) is 0 Å². The number of pyridine rings is 1. The average molecular weight is 368 g/mol. The van der Waals surface area contributed by atoms with Crippen molar-refractivity contribution in [2.75, 3.05) is 36.5 Å². The van der Waals surface area contributed by atoms with Crippen LogP contribution in [0.3, 0.4) is 0 Å². The van der Waals surface area contributed by atoms with E-state index in [0.717, 1.165) is 24.6 Å². The number of morpholine rings is 1. The predicted octanol–water partition coefficient (Wildman–Crippen LogP) is 2.20. The topological polar surface area (TPSA) is 83.6 Å². The van der Waals surface area contributed by atoms with Gasteiger partial charge in [-0.2, -0.15) is 0 Å². The maximum Gasteiger partial charge on any atom is 0.251 e.